The van der Waals surface area contributed by atoms with Gasteiger partial charge >= 0.3 is 0 Å². The van der Waals surface area contributed by atoms with Crippen molar-refractivity contribution >= 4 is 46.3 Å². The number of nitrogens with zero attached hydrogens (tertiary/aromatic N) is 4. The van der Waals surface area contributed by atoms with Crippen LogP contribution in [0, 0.1) is 20.2 Å². The van der Waals surface area contributed by atoms with Crippen LogP contribution < -0.4 is 5.32 Å². The molecule has 10 nitrogen and oxygen atoms in total. The SMILES string of the molecule is O=C(Nc1nn(Cc2ccccc2Cl)cc1Cl)c1cc([N+](=O)[O-])cc([N+](=O)[O-])c1. The maximum atomic E-state index is 12.5. The number of nitro benzene ring substituents is 2. The molecule has 3 aromatic rings. The molecule has 1 N–H and O–H groups in total. The number of halogens is 2. The molecule has 29 heavy (non-hydrogen) atoms. The summed E-state index contributed by atoms with van der Waals surface area (Å²) in [4.78, 5) is 32.7. The number of benzene rings is 2. The van der Waals surface area contributed by atoms with Crippen molar-refractivity contribution in [3.05, 3.63) is 90.1 Å². The molecule has 0 saturated heterocycles. The highest BCUT2D eigenvalue weighted by atomic mass is 35.5. The Hall–Kier alpha value is -3.50. The number of carbonyl (C=O) groups is 1. The largest absolute Gasteiger partial charge is 0.304 e. The van der Waals surface area contributed by atoms with Crippen molar-refractivity contribution in [2.24, 2.45) is 0 Å². The minimum Gasteiger partial charge on any atom is -0.304 e. The zero-order chi connectivity index (χ0) is 21.1. The molecular formula is C17H11Cl2N5O5. The molecule has 0 aliphatic heterocycles. The fraction of sp³-hybridized carbons (Fsp3) is 0.0588. The number of anilines is 1. The van der Waals surface area contributed by atoms with Gasteiger partial charge in [0, 0.05) is 23.4 Å². The fourth-order valence-electron chi connectivity index (χ4n) is 2.48. The predicted octanol–water partition coefficient (Wildman–Crippen LogP) is 4.31. The van der Waals surface area contributed by atoms with E-state index in [2.05, 4.69) is 10.4 Å². The molecule has 0 bridgehead atoms. The number of amides is 1. The van der Waals surface area contributed by atoms with Crippen molar-refractivity contribution in [2.75, 3.05) is 5.32 Å². The molecule has 0 unspecified atom stereocenters. The summed E-state index contributed by atoms with van der Waals surface area (Å²) in [5, 5.41) is 29.1. The Morgan fingerprint density at radius 1 is 1.03 bits per heavy atom. The number of nitrogens with one attached hydrogen (secondary N) is 1. The van der Waals surface area contributed by atoms with Crippen molar-refractivity contribution in [1.29, 1.82) is 0 Å². The summed E-state index contributed by atoms with van der Waals surface area (Å²) in [5.74, 6) is -0.834. The lowest BCUT2D eigenvalue weighted by atomic mass is 10.1. The number of aromatic nitrogens is 2. The summed E-state index contributed by atoms with van der Waals surface area (Å²) in [6.07, 6.45) is 1.47. The molecular weight excluding hydrogens is 425 g/mol. The molecule has 148 valence electrons. The summed E-state index contributed by atoms with van der Waals surface area (Å²) >= 11 is 12.2. The molecule has 1 heterocycles. The maximum Gasteiger partial charge on any atom is 0.277 e. The topological polar surface area (TPSA) is 133 Å². The van der Waals surface area contributed by atoms with Crippen molar-refractivity contribution < 1.29 is 14.6 Å². The first kappa shape index (κ1) is 20.2. The summed E-state index contributed by atoms with van der Waals surface area (Å²) in [6.45, 7) is 0.289. The second-order valence-corrected chi connectivity index (χ2v) is 6.64. The van der Waals surface area contributed by atoms with E-state index in [0.29, 0.717) is 5.02 Å². The predicted molar refractivity (Wildman–Crippen MR) is 105 cm³/mol. The van der Waals surface area contributed by atoms with Gasteiger partial charge in [0.1, 0.15) is 5.02 Å². The molecule has 0 radical (unpaired) electrons. The normalized spacial score (nSPS) is 10.6. The van der Waals surface area contributed by atoms with Crippen LogP contribution in [0.5, 0.6) is 0 Å². The lowest BCUT2D eigenvalue weighted by Gasteiger charge is -2.05. The Morgan fingerprint density at radius 3 is 2.24 bits per heavy atom. The van der Waals surface area contributed by atoms with Crippen LogP contribution in [0.2, 0.25) is 10.0 Å². The Labute approximate surface area is 173 Å². The molecule has 0 aliphatic carbocycles. The average molecular weight is 436 g/mol. The van der Waals surface area contributed by atoms with E-state index in [1.54, 1.807) is 18.2 Å². The Balaban J connectivity index is 1.84. The van der Waals surface area contributed by atoms with E-state index in [-0.39, 0.29) is 22.9 Å². The first-order valence-corrected chi connectivity index (χ1v) is 8.72. The Morgan fingerprint density at radius 2 is 1.66 bits per heavy atom. The quantitative estimate of drug-likeness (QED) is 0.452. The van der Waals surface area contributed by atoms with E-state index >= 15 is 0 Å². The minimum atomic E-state index is -0.832. The number of nitro groups is 2. The number of rotatable bonds is 6. The van der Waals surface area contributed by atoms with Gasteiger partial charge in [-0.25, -0.2) is 0 Å². The fourth-order valence-corrected chi connectivity index (χ4v) is 2.87. The van der Waals surface area contributed by atoms with Gasteiger partial charge in [-0.2, -0.15) is 5.10 Å². The molecule has 12 heteroatoms. The summed E-state index contributed by atoms with van der Waals surface area (Å²) in [6, 6.07) is 9.74. The van der Waals surface area contributed by atoms with Crippen LogP contribution in [-0.2, 0) is 6.54 Å². The summed E-state index contributed by atoms with van der Waals surface area (Å²) < 4.78 is 1.45. The molecule has 2 aromatic carbocycles. The van der Waals surface area contributed by atoms with Crippen LogP contribution in [0.1, 0.15) is 15.9 Å². The molecule has 0 atom stereocenters. The van der Waals surface area contributed by atoms with Gasteiger partial charge in [0.05, 0.1) is 28.0 Å². The van der Waals surface area contributed by atoms with Crippen LogP contribution in [-0.4, -0.2) is 25.5 Å². The van der Waals surface area contributed by atoms with Crippen molar-refractivity contribution in [3.63, 3.8) is 0 Å². The highest BCUT2D eigenvalue weighted by molar-refractivity contribution is 6.33. The number of hydrogen-bond acceptors (Lipinski definition) is 6. The van der Waals surface area contributed by atoms with Gasteiger partial charge < -0.3 is 5.32 Å². The van der Waals surface area contributed by atoms with Crippen molar-refractivity contribution in [2.45, 2.75) is 6.54 Å². The van der Waals surface area contributed by atoms with Gasteiger partial charge in [0.2, 0.25) is 0 Å². The molecule has 1 amide bonds. The standard InChI is InChI=1S/C17H11Cl2N5O5/c18-14-4-2-1-3-10(14)8-22-9-15(19)16(21-22)20-17(25)11-5-12(23(26)27)7-13(6-11)24(28)29/h1-7,9H,8H2,(H,20,21,25). The van der Waals surface area contributed by atoms with Crippen LogP contribution in [0.3, 0.4) is 0 Å². The molecule has 0 saturated carbocycles. The van der Waals surface area contributed by atoms with E-state index in [4.69, 9.17) is 23.2 Å². The van der Waals surface area contributed by atoms with E-state index in [1.165, 1.54) is 10.9 Å². The highest BCUT2D eigenvalue weighted by Crippen LogP contribution is 2.25. The van der Waals surface area contributed by atoms with Gasteiger partial charge in [0.15, 0.2) is 5.82 Å². The van der Waals surface area contributed by atoms with Gasteiger partial charge in [-0.05, 0) is 11.6 Å². The Kier molecular flexibility index (Phi) is 5.76. The molecule has 0 aliphatic rings. The van der Waals surface area contributed by atoms with Crippen molar-refractivity contribution in [1.82, 2.24) is 9.78 Å². The van der Waals surface area contributed by atoms with E-state index < -0.39 is 27.1 Å². The van der Waals surface area contributed by atoms with Crippen LogP contribution in [0.15, 0.2) is 48.7 Å². The number of carbonyl (C=O) groups excluding carboxylic acids is 1. The zero-order valence-corrected chi connectivity index (χ0v) is 15.9. The third-order valence-electron chi connectivity index (χ3n) is 3.83. The minimum absolute atomic E-state index is 0.00196. The smallest absolute Gasteiger partial charge is 0.277 e. The monoisotopic (exact) mass is 435 g/mol. The van der Waals surface area contributed by atoms with Crippen molar-refractivity contribution in [3.8, 4) is 0 Å². The molecule has 0 fully saturated rings. The van der Waals surface area contributed by atoms with Gasteiger partial charge in [-0.15, -0.1) is 0 Å². The number of hydrogen-bond donors (Lipinski definition) is 1. The third kappa shape index (κ3) is 4.68. The van der Waals surface area contributed by atoms with E-state index in [0.717, 1.165) is 23.8 Å². The summed E-state index contributed by atoms with van der Waals surface area (Å²) in [7, 11) is 0. The Bertz CT molecular complexity index is 1100. The summed E-state index contributed by atoms with van der Waals surface area (Å²) in [5.41, 5.74) is -0.664. The molecule has 0 spiro atoms. The second-order valence-electron chi connectivity index (χ2n) is 5.82. The molecule has 1 aromatic heterocycles. The maximum absolute atomic E-state index is 12.5. The highest BCUT2D eigenvalue weighted by Gasteiger charge is 2.21. The van der Waals surface area contributed by atoms with Crippen LogP contribution in [0.4, 0.5) is 17.2 Å². The van der Waals surface area contributed by atoms with E-state index in [1.807, 2.05) is 6.07 Å². The van der Waals surface area contributed by atoms with Gasteiger partial charge in [-0.1, -0.05) is 41.4 Å². The van der Waals surface area contributed by atoms with Crippen LogP contribution >= 0.6 is 23.2 Å². The third-order valence-corrected chi connectivity index (χ3v) is 4.47. The zero-order valence-electron chi connectivity index (χ0n) is 14.4. The number of non-ortho nitro benzene ring substituents is 2. The average Bonchev–Trinajstić information content (AvgIpc) is 3.02. The first-order chi connectivity index (χ1) is 13.7. The lowest BCUT2D eigenvalue weighted by Crippen LogP contribution is -2.14. The molecule has 3 rings (SSSR count). The second kappa shape index (κ2) is 8.25. The van der Waals surface area contributed by atoms with Crippen LogP contribution in [0.25, 0.3) is 0 Å². The first-order valence-electron chi connectivity index (χ1n) is 7.96. The van der Waals surface area contributed by atoms with Gasteiger partial charge in [0.25, 0.3) is 17.3 Å². The lowest BCUT2D eigenvalue weighted by molar-refractivity contribution is -0.394. The van der Waals surface area contributed by atoms with Gasteiger partial charge in [-0.3, -0.25) is 29.7 Å². The van der Waals surface area contributed by atoms with E-state index in [9.17, 15) is 25.0 Å².